The zero-order valence-electron chi connectivity index (χ0n) is 13.3. The monoisotopic (exact) mass is 309 g/mol. The third kappa shape index (κ3) is 3.69. The number of hydrogen-bond donors (Lipinski definition) is 0. The summed E-state index contributed by atoms with van der Waals surface area (Å²) in [6, 6.07) is 5.96. The molecule has 1 atom stereocenters. The molecule has 1 heterocycles. The zero-order valence-corrected chi connectivity index (χ0v) is 14.0. The summed E-state index contributed by atoms with van der Waals surface area (Å²) in [5, 5.41) is 0.772. The quantitative estimate of drug-likeness (QED) is 0.857. The van der Waals surface area contributed by atoms with Gasteiger partial charge in [0.15, 0.2) is 0 Å². The molecule has 0 radical (unpaired) electrons. The van der Waals surface area contributed by atoms with Gasteiger partial charge in [-0.3, -0.25) is 9.69 Å². The van der Waals surface area contributed by atoms with E-state index in [1.165, 1.54) is 11.3 Å². The number of benzene rings is 1. The lowest BCUT2D eigenvalue weighted by Gasteiger charge is -2.39. The Labute approximate surface area is 132 Å². The van der Waals surface area contributed by atoms with Crippen LogP contribution in [0, 0.1) is 6.92 Å². The van der Waals surface area contributed by atoms with Crippen LogP contribution in [-0.4, -0.2) is 62.0 Å². The number of nitrogens with zero attached hydrogens (tertiary/aromatic N) is 3. The van der Waals surface area contributed by atoms with Crippen molar-refractivity contribution in [3.8, 4) is 0 Å². The number of amides is 1. The molecule has 0 bridgehead atoms. The maximum Gasteiger partial charge on any atom is 0.239 e. The number of rotatable bonds is 3. The van der Waals surface area contributed by atoms with Gasteiger partial charge in [-0.05, 0) is 31.5 Å². The summed E-state index contributed by atoms with van der Waals surface area (Å²) in [5.41, 5.74) is 2.44. The van der Waals surface area contributed by atoms with Crippen molar-refractivity contribution in [2.45, 2.75) is 19.9 Å². The lowest BCUT2D eigenvalue weighted by Crippen LogP contribution is -2.53. The van der Waals surface area contributed by atoms with Gasteiger partial charge >= 0.3 is 0 Å². The molecule has 0 aliphatic carbocycles. The van der Waals surface area contributed by atoms with Crippen LogP contribution in [0.2, 0.25) is 5.02 Å². The molecule has 1 saturated heterocycles. The van der Waals surface area contributed by atoms with E-state index in [-0.39, 0.29) is 11.9 Å². The van der Waals surface area contributed by atoms with Crippen molar-refractivity contribution in [1.29, 1.82) is 0 Å². The topological polar surface area (TPSA) is 26.8 Å². The van der Waals surface area contributed by atoms with Gasteiger partial charge < -0.3 is 9.80 Å². The van der Waals surface area contributed by atoms with Crippen LogP contribution < -0.4 is 4.90 Å². The van der Waals surface area contributed by atoms with Gasteiger partial charge in [-0.2, -0.15) is 0 Å². The van der Waals surface area contributed by atoms with E-state index in [2.05, 4.69) is 22.8 Å². The maximum absolute atomic E-state index is 12.0. The summed E-state index contributed by atoms with van der Waals surface area (Å²) in [5.74, 6) is 0.169. The van der Waals surface area contributed by atoms with Gasteiger partial charge in [-0.25, -0.2) is 0 Å². The number of carbonyl (C=O) groups excluding carboxylic acids is 1. The molecule has 1 amide bonds. The summed E-state index contributed by atoms with van der Waals surface area (Å²) in [4.78, 5) is 18.3. The third-order valence-corrected chi connectivity index (χ3v) is 4.41. The zero-order chi connectivity index (χ0) is 15.6. The van der Waals surface area contributed by atoms with Crippen LogP contribution in [0.3, 0.4) is 0 Å². The van der Waals surface area contributed by atoms with Gasteiger partial charge in [0.25, 0.3) is 0 Å². The number of likely N-dealkylation sites (N-methyl/N-ethyl adjacent to an activating group) is 1. The summed E-state index contributed by atoms with van der Waals surface area (Å²) < 4.78 is 0. The van der Waals surface area contributed by atoms with E-state index in [4.69, 9.17) is 11.6 Å². The van der Waals surface area contributed by atoms with E-state index in [0.717, 1.165) is 31.2 Å². The minimum atomic E-state index is -0.0531. The molecule has 4 nitrogen and oxygen atoms in total. The Kier molecular flexibility index (Phi) is 5.12. The average Bonchev–Trinajstić information content (AvgIpc) is 2.48. The predicted molar refractivity (Wildman–Crippen MR) is 88.1 cm³/mol. The van der Waals surface area contributed by atoms with Crippen LogP contribution in [0.25, 0.3) is 0 Å². The van der Waals surface area contributed by atoms with Crippen LogP contribution in [0.5, 0.6) is 0 Å². The summed E-state index contributed by atoms with van der Waals surface area (Å²) in [6.07, 6.45) is 0. The molecule has 0 aromatic heterocycles. The Morgan fingerprint density at radius 3 is 2.43 bits per heavy atom. The van der Waals surface area contributed by atoms with Crippen molar-refractivity contribution in [3.63, 3.8) is 0 Å². The fourth-order valence-electron chi connectivity index (χ4n) is 2.80. The second-order valence-electron chi connectivity index (χ2n) is 5.86. The minimum Gasteiger partial charge on any atom is -0.369 e. The molecule has 1 fully saturated rings. The lowest BCUT2D eigenvalue weighted by molar-refractivity contribution is -0.133. The number of aryl methyl sites for hydroxylation is 1. The Morgan fingerprint density at radius 2 is 1.86 bits per heavy atom. The van der Waals surface area contributed by atoms with E-state index >= 15 is 0 Å². The fourth-order valence-corrected chi connectivity index (χ4v) is 2.97. The molecule has 0 unspecified atom stereocenters. The number of anilines is 1. The van der Waals surface area contributed by atoms with Crippen molar-refractivity contribution in [2.24, 2.45) is 0 Å². The molecule has 1 aliphatic heterocycles. The van der Waals surface area contributed by atoms with E-state index < -0.39 is 0 Å². The smallest absolute Gasteiger partial charge is 0.239 e. The third-order valence-electron chi connectivity index (χ3n) is 4.17. The number of carbonyl (C=O) groups is 1. The van der Waals surface area contributed by atoms with Crippen LogP contribution >= 0.6 is 11.6 Å². The second-order valence-corrected chi connectivity index (χ2v) is 6.30. The molecule has 5 heteroatoms. The average molecular weight is 310 g/mol. The highest BCUT2D eigenvalue weighted by molar-refractivity contribution is 6.30. The molecule has 0 N–H and O–H groups in total. The standard InChI is InChI=1S/C16H24ClN3O/c1-12-5-6-14(17)11-15(12)20-9-7-19(8-10-20)13(2)16(21)18(3)4/h5-6,11,13H,7-10H2,1-4H3/t13-/m0/s1. The predicted octanol–water partition coefficient (Wildman–Crippen LogP) is 2.25. The molecular weight excluding hydrogens is 286 g/mol. The largest absolute Gasteiger partial charge is 0.369 e. The Balaban J connectivity index is 2.00. The molecule has 1 aromatic carbocycles. The highest BCUT2D eigenvalue weighted by atomic mass is 35.5. The Bertz CT molecular complexity index is 510. The van der Waals surface area contributed by atoms with Crippen molar-refractivity contribution < 1.29 is 4.79 Å². The fraction of sp³-hybridized carbons (Fsp3) is 0.562. The van der Waals surface area contributed by atoms with Gasteiger partial charge in [0.2, 0.25) is 5.91 Å². The number of hydrogen-bond acceptors (Lipinski definition) is 3. The lowest BCUT2D eigenvalue weighted by atomic mass is 10.1. The Morgan fingerprint density at radius 1 is 1.24 bits per heavy atom. The van der Waals surface area contributed by atoms with Crippen molar-refractivity contribution in [1.82, 2.24) is 9.80 Å². The van der Waals surface area contributed by atoms with E-state index in [9.17, 15) is 4.79 Å². The molecule has 21 heavy (non-hydrogen) atoms. The molecule has 116 valence electrons. The maximum atomic E-state index is 12.0. The van der Waals surface area contributed by atoms with E-state index in [0.29, 0.717) is 0 Å². The first-order valence-corrected chi connectivity index (χ1v) is 7.74. The molecular formula is C16H24ClN3O. The van der Waals surface area contributed by atoms with Crippen LogP contribution in [0.4, 0.5) is 5.69 Å². The summed E-state index contributed by atoms with van der Waals surface area (Å²) >= 11 is 6.10. The van der Waals surface area contributed by atoms with Gasteiger partial charge in [0.05, 0.1) is 6.04 Å². The van der Waals surface area contributed by atoms with Crippen LogP contribution in [0.15, 0.2) is 18.2 Å². The van der Waals surface area contributed by atoms with E-state index in [1.807, 2.05) is 33.2 Å². The molecule has 1 aliphatic rings. The van der Waals surface area contributed by atoms with Gasteiger partial charge in [0.1, 0.15) is 0 Å². The minimum absolute atomic E-state index is 0.0531. The van der Waals surface area contributed by atoms with Crippen molar-refractivity contribution in [3.05, 3.63) is 28.8 Å². The van der Waals surface area contributed by atoms with Gasteiger partial charge in [0, 0.05) is 51.0 Å². The molecule has 2 rings (SSSR count). The summed E-state index contributed by atoms with van der Waals surface area (Å²) in [6.45, 7) is 7.73. The first-order valence-electron chi connectivity index (χ1n) is 7.36. The molecule has 1 aromatic rings. The highest BCUT2D eigenvalue weighted by Gasteiger charge is 2.26. The molecule has 0 spiro atoms. The molecule has 0 saturated carbocycles. The Hall–Kier alpha value is -1.26. The van der Waals surface area contributed by atoms with E-state index in [1.54, 1.807) is 4.90 Å². The van der Waals surface area contributed by atoms with Crippen molar-refractivity contribution >= 4 is 23.2 Å². The summed E-state index contributed by atoms with van der Waals surface area (Å²) in [7, 11) is 3.62. The van der Waals surface area contributed by atoms with Crippen molar-refractivity contribution in [2.75, 3.05) is 45.2 Å². The van der Waals surface area contributed by atoms with Gasteiger partial charge in [-0.15, -0.1) is 0 Å². The van der Waals surface area contributed by atoms with Crippen LogP contribution in [0.1, 0.15) is 12.5 Å². The first-order chi connectivity index (χ1) is 9.90. The van der Waals surface area contributed by atoms with Crippen LogP contribution in [-0.2, 0) is 4.79 Å². The normalized spacial score (nSPS) is 17.7. The second kappa shape index (κ2) is 6.67. The highest BCUT2D eigenvalue weighted by Crippen LogP contribution is 2.25. The SMILES string of the molecule is Cc1ccc(Cl)cc1N1CCN([C@@H](C)C(=O)N(C)C)CC1. The van der Waals surface area contributed by atoms with Gasteiger partial charge in [-0.1, -0.05) is 17.7 Å². The first kappa shape index (κ1) is 16.1. The number of piperazine rings is 1. The number of halogens is 1.